The van der Waals surface area contributed by atoms with Crippen molar-refractivity contribution >= 4 is 11.9 Å². The molecule has 1 aliphatic carbocycles. The summed E-state index contributed by atoms with van der Waals surface area (Å²) in [6.45, 7) is 3.41. The van der Waals surface area contributed by atoms with Crippen LogP contribution < -0.4 is 0 Å². The average Bonchev–Trinajstić information content (AvgIpc) is 3.41. The molecule has 6 nitrogen and oxygen atoms in total. The van der Waals surface area contributed by atoms with Crippen molar-refractivity contribution in [2.24, 2.45) is 10.8 Å². The number of hydrogen-bond donors (Lipinski definition) is 4. The Morgan fingerprint density at radius 1 is 0.929 bits per heavy atom. The topological polar surface area (TPSA) is 115 Å². The molecule has 0 aliphatic heterocycles. The van der Waals surface area contributed by atoms with Crippen LogP contribution >= 0.6 is 0 Å². The quantitative estimate of drug-likeness (QED) is 0.307. The first-order valence-corrected chi connectivity index (χ1v) is 10.1. The first-order valence-electron chi connectivity index (χ1n) is 10.1. The number of aromatic hydroxyl groups is 2. The standard InChI is InChI=1S/C22H32O6/c1-21(2,19(25)26)11-5-3-7-15-16(18(24)10-9-17(15)23)8-4-6-12-22(13-14-22)20(27)28/h9-10,23-24H,3-8,11-14H2,1-2H3,(H,25,26)(H,27,28). The Bertz CT molecular complexity index is 669. The minimum atomic E-state index is -0.816. The molecule has 1 aromatic rings. The van der Waals surface area contributed by atoms with Gasteiger partial charge in [0, 0.05) is 11.1 Å². The molecule has 0 spiro atoms. The molecule has 2 rings (SSSR count). The Morgan fingerprint density at radius 3 is 1.86 bits per heavy atom. The van der Waals surface area contributed by atoms with Gasteiger partial charge in [0.15, 0.2) is 0 Å². The highest BCUT2D eigenvalue weighted by Gasteiger charge is 2.49. The Labute approximate surface area is 166 Å². The minimum Gasteiger partial charge on any atom is -0.508 e. The molecule has 28 heavy (non-hydrogen) atoms. The lowest BCUT2D eigenvalue weighted by Crippen LogP contribution is -2.23. The third-order valence-corrected chi connectivity index (χ3v) is 6.08. The number of rotatable bonds is 12. The Kier molecular flexibility index (Phi) is 6.96. The number of unbranched alkanes of at least 4 members (excludes halogenated alkanes) is 2. The smallest absolute Gasteiger partial charge is 0.309 e. The fraction of sp³-hybridized carbons (Fsp3) is 0.636. The van der Waals surface area contributed by atoms with Gasteiger partial charge in [-0.3, -0.25) is 9.59 Å². The maximum Gasteiger partial charge on any atom is 0.309 e. The Hall–Kier alpha value is -2.24. The van der Waals surface area contributed by atoms with Crippen molar-refractivity contribution in [3.05, 3.63) is 23.3 Å². The second-order valence-corrected chi connectivity index (χ2v) is 8.75. The molecule has 0 saturated heterocycles. The number of phenolic OH excluding ortho intramolecular Hbond substituents is 2. The van der Waals surface area contributed by atoms with Gasteiger partial charge >= 0.3 is 11.9 Å². The highest BCUT2D eigenvalue weighted by Crippen LogP contribution is 2.50. The number of carboxylic acid groups (broad SMARTS) is 2. The maximum atomic E-state index is 11.3. The van der Waals surface area contributed by atoms with Gasteiger partial charge in [-0.2, -0.15) is 0 Å². The van der Waals surface area contributed by atoms with E-state index in [1.807, 2.05) is 0 Å². The van der Waals surface area contributed by atoms with Crippen LogP contribution in [0.1, 0.15) is 76.3 Å². The molecule has 1 aliphatic rings. The molecule has 0 bridgehead atoms. The van der Waals surface area contributed by atoms with E-state index in [9.17, 15) is 30.0 Å². The minimum absolute atomic E-state index is 0.148. The number of carbonyl (C=O) groups is 2. The van der Waals surface area contributed by atoms with Crippen molar-refractivity contribution < 1.29 is 30.0 Å². The summed E-state index contributed by atoms with van der Waals surface area (Å²) in [6.07, 6.45) is 6.83. The molecule has 0 atom stereocenters. The molecule has 156 valence electrons. The van der Waals surface area contributed by atoms with Crippen LogP contribution in [0.5, 0.6) is 11.5 Å². The summed E-state index contributed by atoms with van der Waals surface area (Å²) in [5.41, 5.74) is 0.137. The summed E-state index contributed by atoms with van der Waals surface area (Å²) >= 11 is 0. The van der Waals surface area contributed by atoms with E-state index in [4.69, 9.17) is 0 Å². The van der Waals surface area contributed by atoms with Gasteiger partial charge in [-0.1, -0.05) is 12.8 Å². The molecule has 0 unspecified atom stereocenters. The zero-order valence-electron chi connectivity index (χ0n) is 16.8. The zero-order valence-corrected chi connectivity index (χ0v) is 16.8. The molecule has 1 fully saturated rings. The fourth-order valence-electron chi connectivity index (χ4n) is 3.69. The highest BCUT2D eigenvalue weighted by atomic mass is 16.4. The van der Waals surface area contributed by atoms with Gasteiger partial charge in [-0.05, 0) is 77.3 Å². The fourth-order valence-corrected chi connectivity index (χ4v) is 3.69. The maximum absolute atomic E-state index is 11.3. The number of phenols is 2. The van der Waals surface area contributed by atoms with Crippen molar-refractivity contribution in [2.45, 2.75) is 78.1 Å². The van der Waals surface area contributed by atoms with Crippen LogP contribution in [0.3, 0.4) is 0 Å². The predicted octanol–water partition coefficient (Wildman–Crippen LogP) is 4.50. The summed E-state index contributed by atoms with van der Waals surface area (Å²) in [4.78, 5) is 22.4. The van der Waals surface area contributed by atoms with E-state index in [1.54, 1.807) is 13.8 Å². The van der Waals surface area contributed by atoms with Crippen molar-refractivity contribution in [1.29, 1.82) is 0 Å². The number of hydrogen-bond acceptors (Lipinski definition) is 4. The molecule has 1 saturated carbocycles. The molecule has 0 radical (unpaired) electrons. The van der Waals surface area contributed by atoms with Crippen LogP contribution in [0, 0.1) is 10.8 Å². The van der Waals surface area contributed by atoms with E-state index in [0.717, 1.165) is 44.1 Å². The number of carboxylic acids is 2. The van der Waals surface area contributed by atoms with Gasteiger partial charge in [0.2, 0.25) is 0 Å². The molecule has 4 N–H and O–H groups in total. The lowest BCUT2D eigenvalue weighted by Gasteiger charge is -2.19. The predicted molar refractivity (Wildman–Crippen MR) is 106 cm³/mol. The van der Waals surface area contributed by atoms with Gasteiger partial charge < -0.3 is 20.4 Å². The summed E-state index contributed by atoms with van der Waals surface area (Å²) in [5, 5.41) is 38.9. The average molecular weight is 392 g/mol. The molecule has 6 heteroatoms. The van der Waals surface area contributed by atoms with Gasteiger partial charge in [0.05, 0.1) is 10.8 Å². The summed E-state index contributed by atoms with van der Waals surface area (Å²) in [5.74, 6) is -1.23. The van der Waals surface area contributed by atoms with Crippen LogP contribution in [0.15, 0.2) is 12.1 Å². The summed E-state index contributed by atoms with van der Waals surface area (Å²) in [6, 6.07) is 2.97. The largest absolute Gasteiger partial charge is 0.508 e. The van der Waals surface area contributed by atoms with Crippen LogP contribution in [-0.2, 0) is 22.4 Å². The SMILES string of the molecule is CC(C)(CCCCc1c(O)ccc(O)c1CCCCC1(C(=O)O)CC1)C(=O)O. The third-order valence-electron chi connectivity index (χ3n) is 6.08. The monoisotopic (exact) mass is 392 g/mol. The van der Waals surface area contributed by atoms with Gasteiger partial charge in [0.1, 0.15) is 11.5 Å². The molecule has 0 amide bonds. The van der Waals surface area contributed by atoms with E-state index in [0.29, 0.717) is 31.2 Å². The van der Waals surface area contributed by atoms with E-state index in [-0.39, 0.29) is 11.5 Å². The van der Waals surface area contributed by atoms with Crippen LogP contribution in [-0.4, -0.2) is 32.4 Å². The van der Waals surface area contributed by atoms with Crippen molar-refractivity contribution in [2.75, 3.05) is 0 Å². The van der Waals surface area contributed by atoms with E-state index in [2.05, 4.69) is 0 Å². The summed E-state index contributed by atoms with van der Waals surface area (Å²) < 4.78 is 0. The summed E-state index contributed by atoms with van der Waals surface area (Å²) in [7, 11) is 0. The van der Waals surface area contributed by atoms with E-state index >= 15 is 0 Å². The van der Waals surface area contributed by atoms with E-state index < -0.39 is 22.8 Å². The zero-order chi connectivity index (χ0) is 20.9. The second kappa shape index (κ2) is 8.84. The molecular weight excluding hydrogens is 360 g/mol. The molecular formula is C22H32O6. The van der Waals surface area contributed by atoms with Crippen molar-refractivity contribution in [1.82, 2.24) is 0 Å². The number of aliphatic carboxylic acids is 2. The first-order chi connectivity index (χ1) is 13.1. The lowest BCUT2D eigenvalue weighted by molar-refractivity contribution is -0.147. The Morgan fingerprint density at radius 2 is 1.43 bits per heavy atom. The van der Waals surface area contributed by atoms with E-state index in [1.165, 1.54) is 12.1 Å². The van der Waals surface area contributed by atoms with Crippen LogP contribution in [0.4, 0.5) is 0 Å². The number of benzene rings is 1. The third kappa shape index (κ3) is 5.40. The normalized spacial score (nSPS) is 15.4. The van der Waals surface area contributed by atoms with Gasteiger partial charge in [-0.15, -0.1) is 0 Å². The highest BCUT2D eigenvalue weighted by molar-refractivity contribution is 5.77. The molecule has 0 aromatic heterocycles. The second-order valence-electron chi connectivity index (χ2n) is 8.75. The van der Waals surface area contributed by atoms with Crippen LogP contribution in [0.25, 0.3) is 0 Å². The van der Waals surface area contributed by atoms with Gasteiger partial charge in [-0.25, -0.2) is 0 Å². The van der Waals surface area contributed by atoms with Gasteiger partial charge in [0.25, 0.3) is 0 Å². The Balaban J connectivity index is 1.90. The van der Waals surface area contributed by atoms with Crippen molar-refractivity contribution in [3.63, 3.8) is 0 Å². The van der Waals surface area contributed by atoms with Crippen molar-refractivity contribution in [3.8, 4) is 11.5 Å². The molecule has 0 heterocycles. The molecule has 1 aromatic carbocycles. The van der Waals surface area contributed by atoms with Crippen LogP contribution in [0.2, 0.25) is 0 Å². The lowest BCUT2D eigenvalue weighted by atomic mass is 9.86. The first kappa shape index (κ1) is 22.1.